The van der Waals surface area contributed by atoms with Crippen LogP contribution >= 0.6 is 0 Å². The lowest BCUT2D eigenvalue weighted by atomic mass is 9.77. The Kier molecular flexibility index (Phi) is 3.65. The molecule has 1 N–H and O–H groups in total. The van der Waals surface area contributed by atoms with Gasteiger partial charge in [0.15, 0.2) is 0 Å². The molecule has 0 atom stereocenters. The topological polar surface area (TPSA) is 20.2 Å². The molecule has 0 amide bonds. The molecule has 0 heterocycles. The van der Waals surface area contributed by atoms with Crippen LogP contribution in [-0.2, 0) is 0 Å². The molecule has 0 aromatic heterocycles. The minimum atomic E-state index is 0.375. The first-order valence-corrected chi connectivity index (χ1v) is 6.38. The number of benzene rings is 1. The Hall–Kier alpha value is -0.820. The largest absolute Gasteiger partial charge is 0.396 e. The van der Waals surface area contributed by atoms with Crippen LogP contribution in [0.3, 0.4) is 0 Å². The van der Waals surface area contributed by atoms with Crippen LogP contribution in [0.1, 0.15) is 48.3 Å². The zero-order chi connectivity index (χ0) is 11.5. The van der Waals surface area contributed by atoms with Gasteiger partial charge in [-0.3, -0.25) is 0 Å². The maximum atomic E-state index is 9.15. The van der Waals surface area contributed by atoms with Crippen molar-refractivity contribution in [3.63, 3.8) is 0 Å². The standard InChI is InChI=1S/C15H22O/c1-11-3-4-12(2)15(9-11)14-7-5-13(10-16)6-8-14/h3-4,9,13-14,16H,5-8,10H2,1-2H3. The quantitative estimate of drug-likeness (QED) is 0.804. The molecule has 1 aromatic rings. The summed E-state index contributed by atoms with van der Waals surface area (Å²) in [6.45, 7) is 4.76. The summed E-state index contributed by atoms with van der Waals surface area (Å²) in [5, 5.41) is 9.15. The zero-order valence-electron chi connectivity index (χ0n) is 10.4. The minimum absolute atomic E-state index is 0.375. The number of rotatable bonds is 2. The highest BCUT2D eigenvalue weighted by atomic mass is 16.3. The predicted molar refractivity (Wildman–Crippen MR) is 67.7 cm³/mol. The van der Waals surface area contributed by atoms with Gasteiger partial charge < -0.3 is 5.11 Å². The summed E-state index contributed by atoms with van der Waals surface area (Å²) in [5.41, 5.74) is 4.33. The van der Waals surface area contributed by atoms with Gasteiger partial charge in [0.25, 0.3) is 0 Å². The van der Waals surface area contributed by atoms with E-state index in [9.17, 15) is 0 Å². The molecule has 0 radical (unpaired) electrons. The van der Waals surface area contributed by atoms with E-state index in [1.807, 2.05) is 0 Å². The normalized spacial score (nSPS) is 25.7. The van der Waals surface area contributed by atoms with Crippen LogP contribution in [0.2, 0.25) is 0 Å². The highest BCUT2D eigenvalue weighted by Crippen LogP contribution is 2.37. The second kappa shape index (κ2) is 5.01. The molecule has 0 bridgehead atoms. The monoisotopic (exact) mass is 218 g/mol. The molecular formula is C15H22O. The van der Waals surface area contributed by atoms with E-state index in [-0.39, 0.29) is 0 Å². The molecule has 0 spiro atoms. The average Bonchev–Trinajstić information content (AvgIpc) is 2.32. The lowest BCUT2D eigenvalue weighted by Crippen LogP contribution is -2.16. The molecule has 2 rings (SSSR count). The average molecular weight is 218 g/mol. The van der Waals surface area contributed by atoms with E-state index in [1.165, 1.54) is 42.4 Å². The lowest BCUT2D eigenvalue weighted by molar-refractivity contribution is 0.182. The van der Waals surface area contributed by atoms with Crippen molar-refractivity contribution in [1.29, 1.82) is 0 Å². The Morgan fingerprint density at radius 3 is 2.44 bits per heavy atom. The van der Waals surface area contributed by atoms with E-state index < -0.39 is 0 Å². The number of aryl methyl sites for hydroxylation is 2. The summed E-state index contributed by atoms with van der Waals surface area (Å²) in [6, 6.07) is 6.78. The third-order valence-corrected chi connectivity index (χ3v) is 3.98. The van der Waals surface area contributed by atoms with Gasteiger partial charge in [0, 0.05) is 6.61 Å². The fraction of sp³-hybridized carbons (Fsp3) is 0.600. The second-order valence-corrected chi connectivity index (χ2v) is 5.26. The Morgan fingerprint density at radius 2 is 1.81 bits per heavy atom. The summed E-state index contributed by atoms with van der Waals surface area (Å²) in [5.74, 6) is 1.28. The van der Waals surface area contributed by atoms with Gasteiger partial charge in [-0.25, -0.2) is 0 Å². The van der Waals surface area contributed by atoms with Crippen LogP contribution in [0.4, 0.5) is 0 Å². The number of aliphatic hydroxyl groups is 1. The predicted octanol–water partition coefficient (Wildman–Crippen LogP) is 3.57. The van der Waals surface area contributed by atoms with Gasteiger partial charge in [-0.05, 0) is 62.5 Å². The van der Waals surface area contributed by atoms with Crippen molar-refractivity contribution < 1.29 is 5.11 Å². The Balaban J connectivity index is 2.10. The molecule has 16 heavy (non-hydrogen) atoms. The molecule has 1 aromatic carbocycles. The SMILES string of the molecule is Cc1ccc(C)c(C2CCC(CO)CC2)c1. The van der Waals surface area contributed by atoms with Gasteiger partial charge in [0.2, 0.25) is 0 Å². The smallest absolute Gasteiger partial charge is 0.0459 e. The van der Waals surface area contributed by atoms with Crippen molar-refractivity contribution in [3.8, 4) is 0 Å². The number of aliphatic hydroxyl groups excluding tert-OH is 1. The molecule has 1 fully saturated rings. The molecule has 0 saturated heterocycles. The summed E-state index contributed by atoms with van der Waals surface area (Å²) in [6.07, 6.45) is 4.87. The van der Waals surface area contributed by atoms with Crippen molar-refractivity contribution in [1.82, 2.24) is 0 Å². The third-order valence-electron chi connectivity index (χ3n) is 3.98. The lowest BCUT2D eigenvalue weighted by Gasteiger charge is -2.28. The van der Waals surface area contributed by atoms with Gasteiger partial charge in [-0.1, -0.05) is 23.8 Å². The van der Waals surface area contributed by atoms with Gasteiger partial charge >= 0.3 is 0 Å². The van der Waals surface area contributed by atoms with Gasteiger partial charge in [0.1, 0.15) is 0 Å². The van der Waals surface area contributed by atoms with Crippen molar-refractivity contribution in [2.24, 2.45) is 5.92 Å². The van der Waals surface area contributed by atoms with Crippen LogP contribution in [0.15, 0.2) is 18.2 Å². The van der Waals surface area contributed by atoms with Crippen LogP contribution in [0, 0.1) is 19.8 Å². The molecule has 88 valence electrons. The third kappa shape index (κ3) is 2.46. The Labute approximate surface area is 98.5 Å². The summed E-state index contributed by atoms with van der Waals surface area (Å²) in [4.78, 5) is 0. The fourth-order valence-electron chi connectivity index (χ4n) is 2.86. The van der Waals surface area contributed by atoms with Crippen molar-refractivity contribution in [3.05, 3.63) is 34.9 Å². The van der Waals surface area contributed by atoms with Gasteiger partial charge in [0.05, 0.1) is 0 Å². The molecule has 1 nitrogen and oxygen atoms in total. The number of hydrogen-bond acceptors (Lipinski definition) is 1. The molecular weight excluding hydrogens is 196 g/mol. The Morgan fingerprint density at radius 1 is 1.12 bits per heavy atom. The maximum Gasteiger partial charge on any atom is 0.0459 e. The van der Waals surface area contributed by atoms with Gasteiger partial charge in [-0.15, -0.1) is 0 Å². The molecule has 1 aliphatic rings. The molecule has 0 unspecified atom stereocenters. The maximum absolute atomic E-state index is 9.15. The summed E-state index contributed by atoms with van der Waals surface area (Å²) in [7, 11) is 0. The van der Waals surface area contributed by atoms with Crippen LogP contribution in [-0.4, -0.2) is 11.7 Å². The van der Waals surface area contributed by atoms with Gasteiger partial charge in [-0.2, -0.15) is 0 Å². The first kappa shape index (κ1) is 11.7. The summed E-state index contributed by atoms with van der Waals surface area (Å²) < 4.78 is 0. The highest BCUT2D eigenvalue weighted by molar-refractivity contribution is 5.33. The van der Waals surface area contributed by atoms with Crippen LogP contribution in [0.5, 0.6) is 0 Å². The Bertz CT molecular complexity index is 348. The van der Waals surface area contributed by atoms with E-state index >= 15 is 0 Å². The van der Waals surface area contributed by atoms with Crippen LogP contribution < -0.4 is 0 Å². The minimum Gasteiger partial charge on any atom is -0.396 e. The second-order valence-electron chi connectivity index (χ2n) is 5.26. The van der Waals surface area contributed by atoms with Crippen molar-refractivity contribution >= 4 is 0 Å². The molecule has 0 aliphatic heterocycles. The summed E-state index contributed by atoms with van der Waals surface area (Å²) >= 11 is 0. The van der Waals surface area contributed by atoms with E-state index in [0.717, 1.165) is 5.92 Å². The fourth-order valence-corrected chi connectivity index (χ4v) is 2.86. The first-order valence-electron chi connectivity index (χ1n) is 6.38. The van der Waals surface area contributed by atoms with Crippen LogP contribution in [0.25, 0.3) is 0 Å². The molecule has 1 saturated carbocycles. The molecule has 1 aliphatic carbocycles. The van der Waals surface area contributed by atoms with E-state index in [1.54, 1.807) is 0 Å². The van der Waals surface area contributed by atoms with E-state index in [2.05, 4.69) is 32.0 Å². The first-order chi connectivity index (χ1) is 7.70. The zero-order valence-corrected chi connectivity index (χ0v) is 10.4. The van der Waals surface area contributed by atoms with Crippen molar-refractivity contribution in [2.45, 2.75) is 45.4 Å². The van der Waals surface area contributed by atoms with E-state index in [0.29, 0.717) is 12.5 Å². The number of hydrogen-bond donors (Lipinski definition) is 1. The van der Waals surface area contributed by atoms with E-state index in [4.69, 9.17) is 5.11 Å². The molecule has 1 heteroatoms. The highest BCUT2D eigenvalue weighted by Gasteiger charge is 2.22. The van der Waals surface area contributed by atoms with Crippen molar-refractivity contribution in [2.75, 3.05) is 6.61 Å².